The molecule has 0 bridgehead atoms. The van der Waals surface area contributed by atoms with Gasteiger partial charge in [0.1, 0.15) is 12.4 Å². The number of allylic oxidation sites excluding steroid dienone is 1. The monoisotopic (exact) mass is 376 g/mol. The van der Waals surface area contributed by atoms with Crippen LogP contribution < -0.4 is 0 Å². The molecule has 0 aromatic carbocycles. The van der Waals surface area contributed by atoms with Crippen molar-refractivity contribution in [2.75, 3.05) is 6.61 Å². The Morgan fingerprint density at radius 1 is 1.26 bits per heavy atom. The molecule has 6 nitrogen and oxygen atoms in total. The zero-order chi connectivity index (χ0) is 19.8. The van der Waals surface area contributed by atoms with Gasteiger partial charge in [0.2, 0.25) is 0 Å². The van der Waals surface area contributed by atoms with Crippen molar-refractivity contribution in [3.63, 3.8) is 0 Å². The van der Waals surface area contributed by atoms with Crippen LogP contribution in [0.2, 0.25) is 0 Å². The highest BCUT2D eigenvalue weighted by molar-refractivity contribution is 5.94. The smallest absolute Gasteiger partial charge is 0.192 e. The number of hydrogen-bond donors (Lipinski definition) is 3. The summed E-state index contributed by atoms with van der Waals surface area (Å²) >= 11 is 0. The molecule has 0 aliphatic heterocycles. The molecule has 6 heteroatoms. The van der Waals surface area contributed by atoms with E-state index in [1.54, 1.807) is 13.0 Å². The number of fused-ring (bicyclic) bond motifs is 5. The quantitative estimate of drug-likeness (QED) is 0.662. The third-order valence-electron chi connectivity index (χ3n) is 8.44. The van der Waals surface area contributed by atoms with Crippen LogP contribution in [0.15, 0.2) is 11.6 Å². The molecular formula is C21H28O6. The van der Waals surface area contributed by atoms with Crippen molar-refractivity contribution in [3.8, 4) is 0 Å². The van der Waals surface area contributed by atoms with Gasteiger partial charge in [0, 0.05) is 24.2 Å². The SMILES string of the molecule is CC12CCC(=O)C=C1CC[C@@H]1[C@@H]2C(=O)CC2(C)[C@H]1C[C@@H](O)[C@]2(O)C(=O)CO. The first-order valence-electron chi connectivity index (χ1n) is 9.91. The molecule has 0 aromatic heterocycles. The van der Waals surface area contributed by atoms with Gasteiger partial charge in [-0.15, -0.1) is 0 Å². The molecule has 4 aliphatic rings. The number of rotatable bonds is 2. The minimum Gasteiger partial charge on any atom is -0.390 e. The summed E-state index contributed by atoms with van der Waals surface area (Å²) in [5.41, 5.74) is -2.47. The summed E-state index contributed by atoms with van der Waals surface area (Å²) in [5, 5.41) is 31.1. The number of carbonyl (C=O) groups excluding carboxylic acids is 3. The maximum Gasteiger partial charge on any atom is 0.192 e. The van der Waals surface area contributed by atoms with E-state index in [0.717, 1.165) is 12.0 Å². The zero-order valence-corrected chi connectivity index (χ0v) is 15.9. The summed E-state index contributed by atoms with van der Waals surface area (Å²) in [7, 11) is 0. The molecule has 3 saturated carbocycles. The van der Waals surface area contributed by atoms with E-state index < -0.39 is 29.5 Å². The normalized spacial score (nSPS) is 49.1. The van der Waals surface area contributed by atoms with Gasteiger partial charge in [-0.3, -0.25) is 14.4 Å². The lowest BCUT2D eigenvalue weighted by Gasteiger charge is -2.57. The molecule has 7 atom stereocenters. The van der Waals surface area contributed by atoms with E-state index >= 15 is 0 Å². The van der Waals surface area contributed by atoms with E-state index in [9.17, 15) is 29.7 Å². The second-order valence-corrected chi connectivity index (χ2v) is 9.50. The minimum atomic E-state index is -2.09. The van der Waals surface area contributed by atoms with E-state index in [0.29, 0.717) is 19.3 Å². The van der Waals surface area contributed by atoms with Crippen LogP contribution in [0.4, 0.5) is 0 Å². The fraction of sp³-hybridized carbons (Fsp3) is 0.762. The van der Waals surface area contributed by atoms with Gasteiger partial charge in [0.05, 0.1) is 6.10 Å². The van der Waals surface area contributed by atoms with Crippen LogP contribution in [-0.4, -0.2) is 51.0 Å². The second kappa shape index (κ2) is 5.82. The molecule has 0 aromatic rings. The molecule has 148 valence electrons. The summed E-state index contributed by atoms with van der Waals surface area (Å²) in [6.07, 6.45) is 3.22. The first-order chi connectivity index (χ1) is 12.6. The van der Waals surface area contributed by atoms with Crippen molar-refractivity contribution >= 4 is 17.3 Å². The van der Waals surface area contributed by atoms with Gasteiger partial charge in [-0.05, 0) is 49.0 Å². The second-order valence-electron chi connectivity index (χ2n) is 9.50. The van der Waals surface area contributed by atoms with Crippen LogP contribution in [0.25, 0.3) is 0 Å². The molecule has 0 amide bonds. The number of carbonyl (C=O) groups is 3. The highest BCUT2D eigenvalue weighted by atomic mass is 16.4. The van der Waals surface area contributed by atoms with Crippen LogP contribution in [0, 0.1) is 28.6 Å². The predicted octanol–water partition coefficient (Wildman–Crippen LogP) is 0.961. The van der Waals surface area contributed by atoms with E-state index in [1.807, 2.05) is 0 Å². The fourth-order valence-electron chi connectivity index (χ4n) is 7.02. The third kappa shape index (κ3) is 2.21. The van der Waals surface area contributed by atoms with E-state index in [4.69, 9.17) is 0 Å². The van der Waals surface area contributed by atoms with Crippen molar-refractivity contribution < 1.29 is 29.7 Å². The van der Waals surface area contributed by atoms with Gasteiger partial charge in [-0.2, -0.15) is 0 Å². The van der Waals surface area contributed by atoms with E-state index in [2.05, 4.69) is 6.92 Å². The summed E-state index contributed by atoms with van der Waals surface area (Å²) in [4.78, 5) is 37.6. The fourth-order valence-corrected chi connectivity index (χ4v) is 7.02. The summed E-state index contributed by atoms with van der Waals surface area (Å²) in [6, 6.07) is 0. The lowest BCUT2D eigenvalue weighted by molar-refractivity contribution is -0.180. The Bertz CT molecular complexity index is 756. The van der Waals surface area contributed by atoms with Crippen LogP contribution >= 0.6 is 0 Å². The molecule has 2 unspecified atom stereocenters. The molecule has 0 radical (unpaired) electrons. The molecule has 4 aliphatic carbocycles. The Hall–Kier alpha value is -1.37. The zero-order valence-electron chi connectivity index (χ0n) is 15.9. The summed E-state index contributed by atoms with van der Waals surface area (Å²) in [5.74, 6) is -1.15. The van der Waals surface area contributed by atoms with Gasteiger partial charge in [-0.1, -0.05) is 19.4 Å². The lowest BCUT2D eigenvalue weighted by Crippen LogP contribution is -2.63. The maximum atomic E-state index is 13.3. The largest absolute Gasteiger partial charge is 0.390 e. The van der Waals surface area contributed by atoms with Crippen molar-refractivity contribution in [3.05, 3.63) is 11.6 Å². The average molecular weight is 376 g/mol. The average Bonchev–Trinajstić information content (AvgIpc) is 2.82. The Balaban J connectivity index is 1.78. The van der Waals surface area contributed by atoms with E-state index in [1.165, 1.54) is 0 Å². The lowest BCUT2D eigenvalue weighted by atomic mass is 9.46. The van der Waals surface area contributed by atoms with Gasteiger partial charge in [-0.25, -0.2) is 0 Å². The number of ketones is 3. The van der Waals surface area contributed by atoms with Gasteiger partial charge >= 0.3 is 0 Å². The first kappa shape index (κ1) is 19.0. The van der Waals surface area contributed by atoms with Gasteiger partial charge in [0.25, 0.3) is 0 Å². The van der Waals surface area contributed by atoms with Crippen molar-refractivity contribution in [1.82, 2.24) is 0 Å². The third-order valence-corrected chi connectivity index (χ3v) is 8.44. The topological polar surface area (TPSA) is 112 Å². The van der Waals surface area contributed by atoms with Crippen LogP contribution in [0.3, 0.4) is 0 Å². The first-order valence-corrected chi connectivity index (χ1v) is 9.91. The molecule has 4 rings (SSSR count). The van der Waals surface area contributed by atoms with Crippen molar-refractivity contribution in [2.45, 2.75) is 64.1 Å². The van der Waals surface area contributed by atoms with Gasteiger partial charge in [0.15, 0.2) is 17.2 Å². The number of Topliss-reactive ketones (excluding diaryl/α,β-unsaturated/α-hetero) is 2. The Morgan fingerprint density at radius 2 is 1.96 bits per heavy atom. The highest BCUT2D eigenvalue weighted by Gasteiger charge is 2.71. The van der Waals surface area contributed by atoms with Crippen molar-refractivity contribution in [2.24, 2.45) is 28.6 Å². The minimum absolute atomic E-state index is 0.000497. The molecule has 0 spiro atoms. The summed E-state index contributed by atoms with van der Waals surface area (Å²) < 4.78 is 0. The Morgan fingerprint density at radius 3 is 2.63 bits per heavy atom. The van der Waals surface area contributed by atoms with Crippen molar-refractivity contribution in [1.29, 1.82) is 0 Å². The van der Waals surface area contributed by atoms with Crippen LogP contribution in [0.1, 0.15) is 52.4 Å². The number of aliphatic hydroxyl groups excluding tert-OH is 2. The Labute approximate surface area is 158 Å². The molecular weight excluding hydrogens is 348 g/mol. The molecule has 0 heterocycles. The number of aliphatic hydroxyl groups is 3. The van der Waals surface area contributed by atoms with Gasteiger partial charge < -0.3 is 15.3 Å². The standard InChI is InChI=1S/C21H28O6/c1-19-6-5-12(23)7-11(19)3-4-13-14-8-16(25)21(27,17(26)10-22)20(14,2)9-15(24)18(13)19/h7,13-14,16,18,22,25,27H,3-6,8-10H2,1-2H3/t13-,14-,16+,18+,19?,20?,21-/m0/s1. The molecule has 3 N–H and O–H groups in total. The predicted molar refractivity (Wildman–Crippen MR) is 95.5 cm³/mol. The highest BCUT2D eigenvalue weighted by Crippen LogP contribution is 2.66. The summed E-state index contributed by atoms with van der Waals surface area (Å²) in [6.45, 7) is 2.93. The Kier molecular flexibility index (Phi) is 4.09. The van der Waals surface area contributed by atoms with Crippen LogP contribution in [-0.2, 0) is 14.4 Å². The molecule has 27 heavy (non-hydrogen) atoms. The maximum absolute atomic E-state index is 13.3. The molecule has 0 saturated heterocycles. The van der Waals surface area contributed by atoms with Crippen LogP contribution in [0.5, 0.6) is 0 Å². The van der Waals surface area contributed by atoms with E-state index in [-0.39, 0.29) is 47.6 Å². The number of hydrogen-bond acceptors (Lipinski definition) is 6. The molecule has 3 fully saturated rings.